The molecule has 0 N–H and O–H groups in total. The van der Waals surface area contributed by atoms with Crippen LogP contribution in [0.4, 0.5) is 4.39 Å². The van der Waals surface area contributed by atoms with Gasteiger partial charge in [-0.05, 0) is 30.7 Å². The van der Waals surface area contributed by atoms with Gasteiger partial charge in [-0.1, -0.05) is 30.3 Å². The molecule has 0 aliphatic rings. The van der Waals surface area contributed by atoms with Crippen LogP contribution in [0.2, 0.25) is 0 Å². The van der Waals surface area contributed by atoms with Crippen molar-refractivity contribution in [1.82, 2.24) is 0 Å². The number of thioether (sulfide) groups is 1. The normalized spacial score (nSPS) is 10.3. The zero-order valence-electron chi connectivity index (χ0n) is 10.0. The van der Waals surface area contributed by atoms with Crippen LogP contribution >= 0.6 is 11.8 Å². The van der Waals surface area contributed by atoms with Crippen molar-refractivity contribution in [2.45, 2.75) is 17.6 Å². The highest BCUT2D eigenvalue weighted by atomic mass is 32.2. The summed E-state index contributed by atoms with van der Waals surface area (Å²) in [4.78, 5) is 12.2. The van der Waals surface area contributed by atoms with Crippen molar-refractivity contribution in [3.63, 3.8) is 0 Å². The third-order valence-electron chi connectivity index (χ3n) is 2.57. The van der Waals surface area contributed by atoms with Gasteiger partial charge in [0.2, 0.25) is 0 Å². The van der Waals surface area contributed by atoms with Crippen molar-refractivity contribution in [3.05, 3.63) is 65.5 Å². The minimum absolute atomic E-state index is 0.160. The molecule has 0 radical (unpaired) electrons. The van der Waals surface area contributed by atoms with Gasteiger partial charge in [-0.15, -0.1) is 11.8 Å². The van der Waals surface area contributed by atoms with Crippen LogP contribution in [0.3, 0.4) is 0 Å². The molecule has 0 amide bonds. The summed E-state index contributed by atoms with van der Waals surface area (Å²) in [6.07, 6.45) is 0. The first-order chi connectivity index (χ1) is 8.66. The highest BCUT2D eigenvalue weighted by Crippen LogP contribution is 2.24. The number of hydrogen-bond donors (Lipinski definition) is 0. The fourth-order valence-electron chi connectivity index (χ4n) is 1.60. The Morgan fingerprint density at radius 3 is 2.56 bits per heavy atom. The zero-order valence-corrected chi connectivity index (χ0v) is 10.8. The van der Waals surface area contributed by atoms with Gasteiger partial charge < -0.3 is 0 Å². The molecule has 2 aromatic carbocycles. The topological polar surface area (TPSA) is 17.1 Å². The lowest BCUT2D eigenvalue weighted by Gasteiger charge is -2.04. The number of carbonyl (C=O) groups excluding carboxylic acids is 1. The van der Waals surface area contributed by atoms with Crippen molar-refractivity contribution >= 4 is 17.5 Å². The molecule has 0 heterocycles. The quantitative estimate of drug-likeness (QED) is 0.601. The van der Waals surface area contributed by atoms with Crippen LogP contribution < -0.4 is 0 Å². The minimum Gasteiger partial charge on any atom is -0.294 e. The van der Waals surface area contributed by atoms with Crippen LogP contribution in [0, 0.1) is 5.82 Å². The van der Waals surface area contributed by atoms with E-state index in [9.17, 15) is 9.18 Å². The SMILES string of the molecule is CC(=O)c1cc(SCc2ccccc2)ccc1F. The molecule has 92 valence electrons. The van der Waals surface area contributed by atoms with E-state index in [1.165, 1.54) is 18.6 Å². The zero-order chi connectivity index (χ0) is 13.0. The first-order valence-corrected chi connectivity index (χ1v) is 6.62. The maximum Gasteiger partial charge on any atom is 0.162 e. The third kappa shape index (κ3) is 3.20. The number of ketones is 1. The molecular formula is C15H13FOS. The van der Waals surface area contributed by atoms with Crippen LogP contribution in [-0.2, 0) is 5.75 Å². The summed E-state index contributed by atoms with van der Waals surface area (Å²) in [5.41, 5.74) is 1.37. The van der Waals surface area contributed by atoms with E-state index in [0.717, 1.165) is 10.6 Å². The van der Waals surface area contributed by atoms with E-state index in [2.05, 4.69) is 0 Å². The molecule has 2 aromatic rings. The van der Waals surface area contributed by atoms with E-state index >= 15 is 0 Å². The van der Waals surface area contributed by atoms with E-state index in [-0.39, 0.29) is 11.3 Å². The number of hydrogen-bond acceptors (Lipinski definition) is 2. The summed E-state index contributed by atoms with van der Waals surface area (Å²) >= 11 is 1.59. The molecule has 0 aliphatic carbocycles. The van der Waals surface area contributed by atoms with E-state index in [1.54, 1.807) is 23.9 Å². The van der Waals surface area contributed by atoms with Crippen LogP contribution in [0.25, 0.3) is 0 Å². The Morgan fingerprint density at radius 2 is 1.89 bits per heavy atom. The second-order valence-electron chi connectivity index (χ2n) is 3.97. The molecule has 3 heteroatoms. The lowest BCUT2D eigenvalue weighted by Crippen LogP contribution is -1.96. The maximum absolute atomic E-state index is 13.4. The Bertz CT molecular complexity index is 552. The van der Waals surface area contributed by atoms with E-state index < -0.39 is 5.82 Å². The average Bonchev–Trinajstić information content (AvgIpc) is 2.38. The molecule has 2 rings (SSSR count). The standard InChI is InChI=1S/C15H13FOS/c1-11(17)14-9-13(7-8-15(14)16)18-10-12-5-3-2-4-6-12/h2-9H,10H2,1H3. The smallest absolute Gasteiger partial charge is 0.162 e. The highest BCUT2D eigenvalue weighted by Gasteiger charge is 2.08. The summed E-state index contributed by atoms with van der Waals surface area (Å²) in [6, 6.07) is 14.7. The van der Waals surface area contributed by atoms with Gasteiger partial charge in [0, 0.05) is 10.6 Å². The van der Waals surface area contributed by atoms with Crippen LogP contribution in [-0.4, -0.2) is 5.78 Å². The highest BCUT2D eigenvalue weighted by molar-refractivity contribution is 7.98. The summed E-state index contributed by atoms with van der Waals surface area (Å²) in [6.45, 7) is 1.38. The fourth-order valence-corrected chi connectivity index (χ4v) is 2.50. The van der Waals surface area contributed by atoms with Gasteiger partial charge in [0.15, 0.2) is 5.78 Å². The monoisotopic (exact) mass is 260 g/mol. The van der Waals surface area contributed by atoms with Crippen LogP contribution in [0.15, 0.2) is 53.4 Å². The summed E-state index contributed by atoms with van der Waals surface area (Å²) < 4.78 is 13.4. The molecule has 0 unspecified atom stereocenters. The predicted molar refractivity (Wildman–Crippen MR) is 72.4 cm³/mol. The average molecular weight is 260 g/mol. The van der Waals surface area contributed by atoms with Crippen molar-refractivity contribution in [2.24, 2.45) is 0 Å². The summed E-state index contributed by atoms with van der Waals surface area (Å²) in [7, 11) is 0. The van der Waals surface area contributed by atoms with Gasteiger partial charge in [-0.2, -0.15) is 0 Å². The number of benzene rings is 2. The van der Waals surface area contributed by atoms with Gasteiger partial charge in [-0.25, -0.2) is 4.39 Å². The lowest BCUT2D eigenvalue weighted by molar-refractivity contribution is 0.101. The Hall–Kier alpha value is -1.61. The fraction of sp³-hybridized carbons (Fsp3) is 0.133. The maximum atomic E-state index is 13.4. The Balaban J connectivity index is 2.11. The van der Waals surface area contributed by atoms with Gasteiger partial charge in [0.25, 0.3) is 0 Å². The van der Waals surface area contributed by atoms with Crippen molar-refractivity contribution in [1.29, 1.82) is 0 Å². The van der Waals surface area contributed by atoms with Crippen molar-refractivity contribution in [3.8, 4) is 0 Å². The van der Waals surface area contributed by atoms with Gasteiger partial charge >= 0.3 is 0 Å². The van der Waals surface area contributed by atoms with Gasteiger partial charge in [-0.3, -0.25) is 4.79 Å². The minimum atomic E-state index is -0.452. The molecule has 0 saturated carbocycles. The van der Waals surface area contributed by atoms with E-state index in [1.807, 2.05) is 30.3 Å². The summed E-state index contributed by atoms with van der Waals surface area (Å²) in [5, 5.41) is 0. The first-order valence-electron chi connectivity index (χ1n) is 5.64. The molecule has 18 heavy (non-hydrogen) atoms. The first kappa shape index (κ1) is 12.8. The molecule has 1 nitrogen and oxygen atoms in total. The molecule has 0 bridgehead atoms. The largest absolute Gasteiger partial charge is 0.294 e. The Morgan fingerprint density at radius 1 is 1.17 bits per heavy atom. The third-order valence-corrected chi connectivity index (χ3v) is 3.63. The van der Waals surface area contributed by atoms with Crippen LogP contribution in [0.1, 0.15) is 22.8 Å². The molecule has 0 saturated heterocycles. The van der Waals surface area contributed by atoms with Crippen molar-refractivity contribution < 1.29 is 9.18 Å². The van der Waals surface area contributed by atoms with E-state index in [4.69, 9.17) is 0 Å². The second-order valence-corrected chi connectivity index (χ2v) is 5.02. The number of halogens is 1. The molecule has 0 spiro atoms. The molecule has 0 atom stereocenters. The number of carbonyl (C=O) groups is 1. The summed E-state index contributed by atoms with van der Waals surface area (Å²) in [5.74, 6) is 0.116. The predicted octanol–water partition coefficient (Wildman–Crippen LogP) is 4.32. The van der Waals surface area contributed by atoms with Crippen LogP contribution in [0.5, 0.6) is 0 Å². The van der Waals surface area contributed by atoms with Crippen molar-refractivity contribution in [2.75, 3.05) is 0 Å². The second kappa shape index (κ2) is 5.83. The number of Topliss-reactive ketones (excluding diaryl/α,β-unsaturated/α-hetero) is 1. The Kier molecular flexibility index (Phi) is 4.15. The number of rotatable bonds is 4. The molecular weight excluding hydrogens is 247 g/mol. The molecule has 0 aliphatic heterocycles. The van der Waals surface area contributed by atoms with E-state index in [0.29, 0.717) is 0 Å². The molecule has 0 aromatic heterocycles. The Labute approximate surface area is 110 Å². The lowest BCUT2D eigenvalue weighted by atomic mass is 10.1. The van der Waals surface area contributed by atoms with Gasteiger partial charge in [0.1, 0.15) is 5.82 Å². The molecule has 0 fully saturated rings. The van der Waals surface area contributed by atoms with Gasteiger partial charge in [0.05, 0.1) is 5.56 Å².